The molecule has 1 heterocycles. The van der Waals surface area contributed by atoms with Crippen LogP contribution in [0.5, 0.6) is 0 Å². The Morgan fingerprint density at radius 1 is 1.47 bits per heavy atom. The molecule has 1 rings (SSSR count). The monoisotopic (exact) mass is 309 g/mol. The summed E-state index contributed by atoms with van der Waals surface area (Å²) in [6.07, 6.45) is 0. The van der Waals surface area contributed by atoms with Crippen LogP contribution in [0.2, 0.25) is 0 Å². The van der Waals surface area contributed by atoms with Gasteiger partial charge in [-0.25, -0.2) is 8.42 Å². The van der Waals surface area contributed by atoms with Gasteiger partial charge >= 0.3 is 5.97 Å². The van der Waals surface area contributed by atoms with Crippen molar-refractivity contribution in [2.75, 3.05) is 37.5 Å². The van der Waals surface area contributed by atoms with Gasteiger partial charge in [0, 0.05) is 30.3 Å². The third-order valence-corrected chi connectivity index (χ3v) is 6.68. The Hall–Kier alpha value is -0.270. The first-order valence-corrected chi connectivity index (χ1v) is 9.23. The molecule has 5 nitrogen and oxygen atoms in total. The van der Waals surface area contributed by atoms with Crippen molar-refractivity contribution in [3.05, 3.63) is 0 Å². The lowest BCUT2D eigenvalue weighted by molar-refractivity contribution is -0.151. The second-order valence-electron chi connectivity index (χ2n) is 5.33. The van der Waals surface area contributed by atoms with Crippen molar-refractivity contribution in [1.82, 2.24) is 4.90 Å². The van der Waals surface area contributed by atoms with Gasteiger partial charge in [0.05, 0.1) is 12.5 Å². The number of carbonyl (C=O) groups excluding carboxylic acids is 1. The summed E-state index contributed by atoms with van der Waals surface area (Å²) in [5.41, 5.74) is -0.696. The average Bonchev–Trinajstić information content (AvgIpc) is 2.37. The summed E-state index contributed by atoms with van der Waals surface area (Å²) < 4.78 is 29.0. The zero-order chi connectivity index (χ0) is 14.7. The number of hydrogen-bond acceptors (Lipinski definition) is 6. The highest BCUT2D eigenvalue weighted by Crippen LogP contribution is 2.27. The lowest BCUT2D eigenvalue weighted by atomic mass is 9.93. The number of rotatable bonds is 5. The summed E-state index contributed by atoms with van der Waals surface area (Å²) in [6.45, 7) is 6.34. The van der Waals surface area contributed by atoms with E-state index < -0.39 is 20.6 Å². The molecule has 112 valence electrons. The maximum Gasteiger partial charge on any atom is 0.312 e. The normalized spacial score (nSPS) is 22.2. The number of carbonyl (C=O) groups is 1. The molecule has 0 radical (unpaired) electrons. The van der Waals surface area contributed by atoms with Crippen molar-refractivity contribution in [2.24, 2.45) is 5.41 Å². The topological polar surface area (TPSA) is 63.7 Å². The minimum Gasteiger partial charge on any atom is -0.469 e. The maximum atomic E-state index is 12.1. The maximum absolute atomic E-state index is 12.1. The molecule has 1 atom stereocenters. The molecule has 1 aliphatic rings. The predicted molar refractivity (Wildman–Crippen MR) is 77.9 cm³/mol. The molecule has 1 saturated heterocycles. The quantitative estimate of drug-likeness (QED) is 0.706. The smallest absolute Gasteiger partial charge is 0.312 e. The molecule has 1 fully saturated rings. The molecule has 0 bridgehead atoms. The number of nitrogens with zero attached hydrogens (tertiary/aromatic N) is 1. The molecule has 0 amide bonds. The standard InChI is InChI=1S/C12H23NO4S2/c1-5-19(15,16)10-8-18-7-6-13(10)9-12(2,3)11(14)17-4/h10H,5-9H2,1-4H3. The fraction of sp³-hybridized carbons (Fsp3) is 0.917. The van der Waals surface area contributed by atoms with Gasteiger partial charge in [-0.2, -0.15) is 11.8 Å². The van der Waals surface area contributed by atoms with Gasteiger partial charge in [0.2, 0.25) is 0 Å². The van der Waals surface area contributed by atoms with Gasteiger partial charge in [-0.1, -0.05) is 6.92 Å². The first-order valence-electron chi connectivity index (χ1n) is 6.36. The number of thioether (sulfide) groups is 1. The fourth-order valence-electron chi connectivity index (χ4n) is 2.17. The number of hydrogen-bond donors (Lipinski definition) is 0. The molecular formula is C12H23NO4S2. The van der Waals surface area contributed by atoms with Crippen LogP contribution in [0.1, 0.15) is 20.8 Å². The Kier molecular flexibility index (Phi) is 5.70. The number of ether oxygens (including phenoxy) is 1. The SMILES string of the molecule is CCS(=O)(=O)C1CSCCN1CC(C)(C)C(=O)OC. The molecule has 0 aromatic carbocycles. The lowest BCUT2D eigenvalue weighted by Crippen LogP contribution is -2.52. The van der Waals surface area contributed by atoms with Crippen LogP contribution in [0.15, 0.2) is 0 Å². The van der Waals surface area contributed by atoms with Crippen molar-refractivity contribution in [1.29, 1.82) is 0 Å². The summed E-state index contributed by atoms with van der Waals surface area (Å²) in [4.78, 5) is 13.6. The van der Waals surface area contributed by atoms with E-state index >= 15 is 0 Å². The number of methoxy groups -OCH3 is 1. The van der Waals surface area contributed by atoms with Crippen LogP contribution in [0.25, 0.3) is 0 Å². The predicted octanol–water partition coefficient (Wildman–Crippen LogP) is 0.995. The van der Waals surface area contributed by atoms with E-state index in [1.807, 2.05) is 4.90 Å². The van der Waals surface area contributed by atoms with Gasteiger partial charge in [-0.15, -0.1) is 0 Å². The molecule has 1 unspecified atom stereocenters. The van der Waals surface area contributed by atoms with E-state index in [1.165, 1.54) is 7.11 Å². The van der Waals surface area contributed by atoms with Gasteiger partial charge in [0.15, 0.2) is 9.84 Å². The summed E-state index contributed by atoms with van der Waals surface area (Å²) in [7, 11) is -1.76. The molecule has 7 heteroatoms. The highest BCUT2D eigenvalue weighted by Gasteiger charge is 2.38. The van der Waals surface area contributed by atoms with E-state index in [9.17, 15) is 13.2 Å². The third kappa shape index (κ3) is 4.10. The van der Waals surface area contributed by atoms with Crippen LogP contribution >= 0.6 is 11.8 Å². The van der Waals surface area contributed by atoms with Crippen molar-refractivity contribution in [3.8, 4) is 0 Å². The van der Waals surface area contributed by atoms with E-state index in [2.05, 4.69) is 0 Å². The zero-order valence-electron chi connectivity index (χ0n) is 12.0. The third-order valence-electron chi connectivity index (χ3n) is 3.34. The van der Waals surface area contributed by atoms with Gasteiger partial charge in [0.25, 0.3) is 0 Å². The van der Waals surface area contributed by atoms with Crippen LogP contribution in [-0.4, -0.2) is 62.1 Å². The highest BCUT2D eigenvalue weighted by molar-refractivity contribution is 8.01. The fourth-order valence-corrected chi connectivity index (χ4v) is 5.25. The Morgan fingerprint density at radius 3 is 2.63 bits per heavy atom. The van der Waals surface area contributed by atoms with Crippen molar-refractivity contribution >= 4 is 27.6 Å². The highest BCUT2D eigenvalue weighted by atomic mass is 32.2. The molecular weight excluding hydrogens is 286 g/mol. The molecule has 0 aromatic heterocycles. The number of esters is 1. The van der Waals surface area contributed by atoms with E-state index in [0.29, 0.717) is 18.8 Å². The Balaban J connectivity index is 2.87. The van der Waals surface area contributed by atoms with Crippen LogP contribution in [0, 0.1) is 5.41 Å². The lowest BCUT2D eigenvalue weighted by Gasteiger charge is -2.38. The molecule has 0 aliphatic carbocycles. The van der Waals surface area contributed by atoms with Gasteiger partial charge in [-0.05, 0) is 13.8 Å². The van der Waals surface area contributed by atoms with Crippen LogP contribution < -0.4 is 0 Å². The first kappa shape index (κ1) is 16.8. The van der Waals surface area contributed by atoms with Gasteiger partial charge in [-0.3, -0.25) is 9.69 Å². The molecule has 0 aromatic rings. The van der Waals surface area contributed by atoms with Gasteiger partial charge in [0.1, 0.15) is 5.37 Å². The zero-order valence-corrected chi connectivity index (χ0v) is 13.6. The number of sulfone groups is 1. The second kappa shape index (κ2) is 6.45. The first-order chi connectivity index (χ1) is 8.74. The minimum absolute atomic E-state index is 0.132. The Labute approximate surface area is 120 Å². The summed E-state index contributed by atoms with van der Waals surface area (Å²) in [5.74, 6) is 1.30. The van der Waals surface area contributed by atoms with E-state index in [4.69, 9.17) is 4.74 Å². The summed E-state index contributed by atoms with van der Waals surface area (Å²) in [5, 5.41) is -0.486. The van der Waals surface area contributed by atoms with E-state index in [0.717, 1.165) is 5.75 Å². The van der Waals surface area contributed by atoms with E-state index in [-0.39, 0.29) is 11.7 Å². The molecule has 0 N–H and O–H groups in total. The van der Waals surface area contributed by atoms with Crippen molar-refractivity contribution < 1.29 is 17.9 Å². The molecule has 0 spiro atoms. The minimum atomic E-state index is -3.12. The Bertz CT molecular complexity index is 419. The molecule has 19 heavy (non-hydrogen) atoms. The largest absolute Gasteiger partial charge is 0.469 e. The average molecular weight is 309 g/mol. The van der Waals surface area contributed by atoms with Crippen LogP contribution in [-0.2, 0) is 19.4 Å². The molecule has 1 aliphatic heterocycles. The van der Waals surface area contributed by atoms with E-state index in [1.54, 1.807) is 32.5 Å². The van der Waals surface area contributed by atoms with Crippen molar-refractivity contribution in [2.45, 2.75) is 26.1 Å². The second-order valence-corrected chi connectivity index (χ2v) is 8.92. The van der Waals surface area contributed by atoms with Crippen molar-refractivity contribution in [3.63, 3.8) is 0 Å². The summed E-state index contributed by atoms with van der Waals surface area (Å²) in [6, 6.07) is 0. The van der Waals surface area contributed by atoms with Crippen LogP contribution in [0.3, 0.4) is 0 Å². The Morgan fingerprint density at radius 2 is 2.11 bits per heavy atom. The summed E-state index contributed by atoms with van der Waals surface area (Å²) >= 11 is 1.65. The molecule has 0 saturated carbocycles. The van der Waals surface area contributed by atoms with Gasteiger partial charge < -0.3 is 4.74 Å². The van der Waals surface area contributed by atoms with Crippen LogP contribution in [0.4, 0.5) is 0 Å².